The van der Waals surface area contributed by atoms with E-state index >= 15 is 0 Å². The van der Waals surface area contributed by atoms with Crippen molar-refractivity contribution in [3.63, 3.8) is 0 Å². The Balaban J connectivity index is 2.08. The summed E-state index contributed by atoms with van der Waals surface area (Å²) >= 11 is 1.81. The summed E-state index contributed by atoms with van der Waals surface area (Å²) in [7, 11) is 0. The highest BCUT2D eigenvalue weighted by atomic mass is 32.1. The Morgan fingerprint density at radius 2 is 1.07 bits per heavy atom. The second-order valence-corrected chi connectivity index (χ2v) is 9.25. The van der Waals surface area contributed by atoms with Crippen LogP contribution in [0.2, 0.25) is 0 Å². The Bertz CT molecular complexity index is 1100. The topological polar surface area (TPSA) is 3.88 Å². The summed E-state index contributed by atoms with van der Waals surface area (Å²) in [6.07, 6.45) is 0. The van der Waals surface area contributed by atoms with Crippen molar-refractivity contribution in [1.82, 2.24) is 0 Å². The summed E-state index contributed by atoms with van der Waals surface area (Å²) in [5.41, 5.74) is 15.1. The van der Waals surface area contributed by atoms with E-state index in [0.29, 0.717) is 0 Å². The van der Waals surface area contributed by atoms with E-state index in [0.717, 1.165) is 0 Å². The van der Waals surface area contributed by atoms with Crippen molar-refractivity contribution in [1.29, 1.82) is 0 Å². The van der Waals surface area contributed by atoms with Crippen LogP contribution in [0.25, 0.3) is 27.9 Å². The first-order chi connectivity index (χ1) is 13.8. The van der Waals surface area contributed by atoms with Gasteiger partial charge < -0.3 is 0 Å². The summed E-state index contributed by atoms with van der Waals surface area (Å²) in [6, 6.07) is 20.4. The number of thiazole rings is 1. The SMILES string of the molecule is Cc1cc(C)cc(-c2cccc(-c3cc(C)cc(C)c3)c2-[n+]2csc(C)c2C)c1. The smallest absolute Gasteiger partial charge is 0.153 e. The molecule has 4 aromatic rings. The molecule has 4 rings (SSSR count). The molecule has 0 atom stereocenters. The quantitative estimate of drug-likeness (QED) is 0.321. The summed E-state index contributed by atoms with van der Waals surface area (Å²) in [6.45, 7) is 13.1. The molecule has 0 fully saturated rings. The van der Waals surface area contributed by atoms with Crippen LogP contribution in [-0.4, -0.2) is 0 Å². The number of rotatable bonds is 3. The van der Waals surface area contributed by atoms with Gasteiger partial charge >= 0.3 is 0 Å². The van der Waals surface area contributed by atoms with Gasteiger partial charge in [0.25, 0.3) is 0 Å². The van der Waals surface area contributed by atoms with Crippen molar-refractivity contribution in [2.24, 2.45) is 0 Å². The van der Waals surface area contributed by atoms with Crippen molar-refractivity contribution < 1.29 is 4.57 Å². The van der Waals surface area contributed by atoms with Crippen molar-refractivity contribution in [3.05, 3.63) is 92.9 Å². The minimum Gasteiger partial charge on any atom is -0.153 e. The molecule has 0 unspecified atom stereocenters. The molecule has 29 heavy (non-hydrogen) atoms. The van der Waals surface area contributed by atoms with E-state index in [9.17, 15) is 0 Å². The molecular weight excluding hydrogens is 370 g/mol. The van der Waals surface area contributed by atoms with Crippen LogP contribution in [0.4, 0.5) is 0 Å². The Hall–Kier alpha value is -2.71. The molecule has 0 aliphatic rings. The normalized spacial score (nSPS) is 11.1. The van der Waals surface area contributed by atoms with Gasteiger partial charge in [0, 0.05) is 6.92 Å². The van der Waals surface area contributed by atoms with Gasteiger partial charge in [-0.05, 0) is 57.9 Å². The predicted octanol–water partition coefficient (Wildman–Crippen LogP) is 7.21. The maximum Gasteiger partial charge on any atom is 0.231 e. The van der Waals surface area contributed by atoms with Gasteiger partial charge in [0.05, 0.1) is 16.0 Å². The molecule has 0 amide bonds. The van der Waals surface area contributed by atoms with Gasteiger partial charge in [0.15, 0.2) is 5.69 Å². The van der Waals surface area contributed by atoms with E-state index in [1.54, 1.807) is 0 Å². The van der Waals surface area contributed by atoms with E-state index in [1.165, 1.54) is 60.8 Å². The lowest BCUT2D eigenvalue weighted by molar-refractivity contribution is -0.596. The maximum atomic E-state index is 2.38. The lowest BCUT2D eigenvalue weighted by atomic mass is 9.92. The zero-order valence-electron chi connectivity index (χ0n) is 18.1. The molecule has 3 aromatic carbocycles. The molecule has 0 saturated carbocycles. The zero-order valence-corrected chi connectivity index (χ0v) is 18.9. The fraction of sp³-hybridized carbons (Fsp3) is 0.222. The number of hydrogen-bond donors (Lipinski definition) is 0. The Kier molecular flexibility index (Phi) is 5.14. The van der Waals surface area contributed by atoms with Crippen LogP contribution in [0.15, 0.2) is 60.1 Å². The molecule has 1 heterocycles. The van der Waals surface area contributed by atoms with Gasteiger partial charge in [-0.3, -0.25) is 0 Å². The molecule has 2 heteroatoms. The number of aromatic nitrogens is 1. The van der Waals surface area contributed by atoms with E-state index in [-0.39, 0.29) is 0 Å². The fourth-order valence-corrected chi connectivity index (χ4v) is 5.01. The van der Waals surface area contributed by atoms with Gasteiger partial charge in [-0.2, -0.15) is 4.57 Å². The van der Waals surface area contributed by atoms with Crippen LogP contribution < -0.4 is 4.57 Å². The third-order valence-corrected chi connectivity index (χ3v) is 6.51. The molecule has 0 spiro atoms. The van der Waals surface area contributed by atoms with Gasteiger partial charge in [-0.25, -0.2) is 0 Å². The molecule has 146 valence electrons. The molecule has 0 N–H and O–H groups in total. The van der Waals surface area contributed by atoms with E-state index in [1.807, 2.05) is 11.3 Å². The Morgan fingerprint density at radius 3 is 1.45 bits per heavy atom. The summed E-state index contributed by atoms with van der Waals surface area (Å²) in [5, 5.41) is 0. The van der Waals surface area contributed by atoms with Gasteiger partial charge in [0.1, 0.15) is 0 Å². The molecule has 1 aromatic heterocycles. The van der Waals surface area contributed by atoms with E-state index in [2.05, 4.69) is 106 Å². The van der Waals surface area contributed by atoms with Gasteiger partial charge in [-0.15, -0.1) is 0 Å². The van der Waals surface area contributed by atoms with Gasteiger partial charge in [-0.1, -0.05) is 76.1 Å². The lowest BCUT2D eigenvalue weighted by Crippen LogP contribution is -2.33. The standard InChI is InChI=1S/C27H28NS/c1-17-10-18(2)13-23(12-17)25-8-7-9-26(24-14-19(3)11-20(4)15-24)27(25)28-16-29-22(6)21(28)5/h7-16H,1-6H3/q+1. The van der Waals surface area contributed by atoms with Crippen molar-refractivity contribution in [3.8, 4) is 27.9 Å². The average molecular weight is 399 g/mol. The van der Waals surface area contributed by atoms with Crippen LogP contribution in [0.1, 0.15) is 32.8 Å². The van der Waals surface area contributed by atoms with Crippen LogP contribution in [0, 0.1) is 41.5 Å². The fourth-order valence-electron chi connectivity index (χ4n) is 4.22. The van der Waals surface area contributed by atoms with E-state index < -0.39 is 0 Å². The number of para-hydroxylation sites is 1. The highest BCUT2D eigenvalue weighted by Gasteiger charge is 2.25. The molecule has 0 aliphatic carbocycles. The predicted molar refractivity (Wildman–Crippen MR) is 125 cm³/mol. The molecule has 0 radical (unpaired) electrons. The maximum absolute atomic E-state index is 2.38. The van der Waals surface area contributed by atoms with Crippen molar-refractivity contribution >= 4 is 11.3 Å². The largest absolute Gasteiger partial charge is 0.231 e. The van der Waals surface area contributed by atoms with Crippen molar-refractivity contribution in [2.75, 3.05) is 0 Å². The van der Waals surface area contributed by atoms with Crippen LogP contribution >= 0.6 is 11.3 Å². The first-order valence-electron chi connectivity index (χ1n) is 10.1. The summed E-state index contributed by atoms with van der Waals surface area (Å²) in [4.78, 5) is 1.35. The molecule has 0 saturated heterocycles. The first kappa shape index (κ1) is 19.6. The highest BCUT2D eigenvalue weighted by Crippen LogP contribution is 2.35. The zero-order chi connectivity index (χ0) is 20.7. The third kappa shape index (κ3) is 3.77. The van der Waals surface area contributed by atoms with Crippen LogP contribution in [0.3, 0.4) is 0 Å². The van der Waals surface area contributed by atoms with E-state index in [4.69, 9.17) is 0 Å². The Morgan fingerprint density at radius 1 is 0.621 bits per heavy atom. The number of nitrogens with zero attached hydrogens (tertiary/aromatic N) is 1. The molecule has 1 nitrogen and oxygen atoms in total. The highest BCUT2D eigenvalue weighted by molar-refractivity contribution is 7.09. The number of hydrogen-bond acceptors (Lipinski definition) is 1. The third-order valence-electron chi connectivity index (χ3n) is 5.55. The second kappa shape index (κ2) is 7.61. The second-order valence-electron chi connectivity index (χ2n) is 8.19. The number of aryl methyl sites for hydroxylation is 5. The Labute approximate surface area is 178 Å². The van der Waals surface area contributed by atoms with Crippen molar-refractivity contribution in [2.45, 2.75) is 41.5 Å². The average Bonchev–Trinajstić information content (AvgIpc) is 2.98. The minimum atomic E-state index is 1.27. The lowest BCUT2D eigenvalue weighted by Gasteiger charge is -2.13. The van der Waals surface area contributed by atoms with Crippen LogP contribution in [-0.2, 0) is 0 Å². The minimum absolute atomic E-state index is 1.27. The summed E-state index contributed by atoms with van der Waals surface area (Å²) in [5.74, 6) is 0. The van der Waals surface area contributed by atoms with Gasteiger partial charge in [0.2, 0.25) is 11.2 Å². The molecule has 0 aliphatic heterocycles. The monoisotopic (exact) mass is 398 g/mol. The molecular formula is C27H28NS+. The molecule has 0 bridgehead atoms. The number of benzene rings is 3. The summed E-state index contributed by atoms with van der Waals surface area (Å²) < 4.78 is 2.38. The van der Waals surface area contributed by atoms with Crippen LogP contribution in [0.5, 0.6) is 0 Å². The first-order valence-corrected chi connectivity index (χ1v) is 11.0.